The van der Waals surface area contributed by atoms with E-state index in [2.05, 4.69) is 38.6 Å². The number of hydrogen-bond acceptors (Lipinski definition) is 2. The molecule has 0 aliphatic heterocycles. The Balaban J connectivity index is 3.18. The van der Waals surface area contributed by atoms with Gasteiger partial charge in [0.05, 0.1) is 28.4 Å². The van der Waals surface area contributed by atoms with E-state index in [1.165, 1.54) is 12.1 Å². The van der Waals surface area contributed by atoms with Gasteiger partial charge in [0.25, 0.3) is 5.92 Å². The normalized spacial score (nSPS) is 16.3. The maximum absolute atomic E-state index is 13.8. The molecule has 0 spiro atoms. The average molecular weight is 420 g/mol. The van der Waals surface area contributed by atoms with Crippen molar-refractivity contribution in [3.05, 3.63) is 35.4 Å². The quantitative estimate of drug-likeness (QED) is 0.558. The first-order chi connectivity index (χ1) is 11.9. The van der Waals surface area contributed by atoms with Crippen LogP contribution in [0.5, 0.6) is 0 Å². The highest BCUT2D eigenvalue weighted by atomic mass is 32.2. The molecule has 0 aliphatic rings. The van der Waals surface area contributed by atoms with Crippen molar-refractivity contribution in [2.75, 3.05) is 6.61 Å². The molecule has 0 unspecified atom stereocenters. The Morgan fingerprint density at radius 1 is 1.11 bits per heavy atom. The molecule has 1 aromatic rings. The molecule has 0 amide bonds. The van der Waals surface area contributed by atoms with E-state index in [-0.39, 0.29) is 17.2 Å². The SMILES string of the molecule is CC(F)(F)c1cccc([C@@H](CO[Si](C)(C)C(C)(C)C)N[S@@](=O)C(C)(C)C)c1. The third-order valence-corrected chi connectivity index (χ3v) is 11.1. The van der Waals surface area contributed by atoms with E-state index in [0.717, 1.165) is 6.92 Å². The molecular formula is C20H35F2NO2SSi. The number of halogens is 2. The predicted molar refractivity (Wildman–Crippen MR) is 113 cm³/mol. The molecule has 0 saturated carbocycles. The smallest absolute Gasteiger partial charge is 0.270 e. The van der Waals surface area contributed by atoms with Crippen LogP contribution >= 0.6 is 0 Å². The highest BCUT2D eigenvalue weighted by molar-refractivity contribution is 7.84. The second-order valence-corrected chi connectivity index (χ2v) is 16.4. The highest BCUT2D eigenvalue weighted by Crippen LogP contribution is 2.37. The Kier molecular flexibility index (Phi) is 7.58. The molecule has 0 aliphatic carbocycles. The Bertz CT molecular complexity index is 661. The van der Waals surface area contributed by atoms with Crippen LogP contribution in [0.25, 0.3) is 0 Å². The number of nitrogens with one attached hydrogen (secondary N) is 1. The molecule has 0 radical (unpaired) electrons. The number of alkyl halides is 2. The van der Waals surface area contributed by atoms with Gasteiger partial charge in [0, 0.05) is 12.5 Å². The van der Waals surface area contributed by atoms with E-state index in [1.54, 1.807) is 12.1 Å². The van der Waals surface area contributed by atoms with E-state index in [1.807, 2.05) is 20.8 Å². The first-order valence-corrected chi connectivity index (χ1v) is 13.3. The van der Waals surface area contributed by atoms with Crippen LogP contribution in [0.1, 0.15) is 65.6 Å². The van der Waals surface area contributed by atoms with Crippen LogP contribution in [0.15, 0.2) is 24.3 Å². The van der Waals surface area contributed by atoms with Gasteiger partial charge in [-0.1, -0.05) is 39.0 Å². The van der Waals surface area contributed by atoms with Crippen LogP contribution in [0.2, 0.25) is 18.1 Å². The van der Waals surface area contributed by atoms with Gasteiger partial charge in [0.1, 0.15) is 0 Å². The van der Waals surface area contributed by atoms with Crippen LogP contribution in [-0.4, -0.2) is 23.9 Å². The zero-order valence-electron chi connectivity index (χ0n) is 18.1. The Labute approximate surface area is 167 Å². The lowest BCUT2D eigenvalue weighted by atomic mass is 10.0. The molecule has 1 aromatic carbocycles. The van der Waals surface area contributed by atoms with Gasteiger partial charge in [0.15, 0.2) is 8.32 Å². The molecule has 2 atom stereocenters. The lowest BCUT2D eigenvalue weighted by Gasteiger charge is -2.37. The first kappa shape index (κ1) is 24.4. The van der Waals surface area contributed by atoms with Crippen LogP contribution in [0.4, 0.5) is 8.78 Å². The van der Waals surface area contributed by atoms with Crippen molar-refractivity contribution < 1.29 is 17.4 Å². The standard InChI is InChI=1S/C20H35F2NO2SSi/c1-18(2,3)26(24)23-17(14-25-27(8,9)19(4,5)6)15-11-10-12-16(13-15)20(7,21)22/h10-13,17,23H,14H2,1-9H3/t17-,26+/m1/s1. The Morgan fingerprint density at radius 2 is 1.67 bits per heavy atom. The Hall–Kier alpha value is -0.633. The van der Waals surface area contributed by atoms with E-state index < -0.39 is 36.0 Å². The van der Waals surface area contributed by atoms with Gasteiger partial charge in [-0.15, -0.1) is 0 Å². The first-order valence-electron chi connectivity index (χ1n) is 9.25. The molecule has 7 heteroatoms. The highest BCUT2D eigenvalue weighted by Gasteiger charge is 2.38. The molecule has 0 bridgehead atoms. The van der Waals surface area contributed by atoms with Crippen molar-refractivity contribution in [2.45, 2.75) is 83.3 Å². The minimum absolute atomic E-state index is 0.0268. The van der Waals surface area contributed by atoms with Gasteiger partial charge in [-0.25, -0.2) is 17.7 Å². The minimum Gasteiger partial charge on any atom is -0.415 e. The second-order valence-electron chi connectivity index (χ2n) is 9.64. The molecule has 156 valence electrons. The summed E-state index contributed by atoms with van der Waals surface area (Å²) in [4.78, 5) is 0. The second kappa shape index (κ2) is 8.39. The lowest BCUT2D eigenvalue weighted by molar-refractivity contribution is 0.0173. The van der Waals surface area contributed by atoms with E-state index in [0.29, 0.717) is 5.56 Å². The summed E-state index contributed by atoms with van der Waals surface area (Å²) in [6.45, 7) is 17.5. The summed E-state index contributed by atoms with van der Waals surface area (Å²) in [6, 6.07) is 5.86. The summed E-state index contributed by atoms with van der Waals surface area (Å²) >= 11 is 0. The zero-order valence-corrected chi connectivity index (χ0v) is 19.9. The van der Waals surface area contributed by atoms with Crippen LogP contribution in [-0.2, 0) is 21.3 Å². The lowest BCUT2D eigenvalue weighted by Crippen LogP contribution is -2.44. The van der Waals surface area contributed by atoms with Crippen molar-refractivity contribution in [3.63, 3.8) is 0 Å². The minimum atomic E-state index is -2.93. The molecule has 1 N–H and O–H groups in total. The molecule has 3 nitrogen and oxygen atoms in total. The Morgan fingerprint density at radius 3 is 2.11 bits per heavy atom. The van der Waals surface area contributed by atoms with Crippen LogP contribution in [0, 0.1) is 0 Å². The fourth-order valence-corrected chi connectivity index (χ4v) is 3.87. The number of hydrogen-bond donors (Lipinski definition) is 1. The third-order valence-electron chi connectivity index (χ3n) is 5.02. The van der Waals surface area contributed by atoms with Gasteiger partial charge in [-0.05, 0) is 50.5 Å². The molecule has 0 heterocycles. The fourth-order valence-electron chi connectivity index (χ4n) is 2.04. The van der Waals surface area contributed by atoms with Crippen molar-refractivity contribution in [1.29, 1.82) is 0 Å². The topological polar surface area (TPSA) is 38.3 Å². The van der Waals surface area contributed by atoms with Gasteiger partial charge < -0.3 is 4.43 Å². The van der Waals surface area contributed by atoms with E-state index in [4.69, 9.17) is 4.43 Å². The molecule has 27 heavy (non-hydrogen) atoms. The summed E-state index contributed by atoms with van der Waals surface area (Å²) in [6.07, 6.45) is 0. The molecule has 0 aromatic heterocycles. The fraction of sp³-hybridized carbons (Fsp3) is 0.700. The molecular weight excluding hydrogens is 384 g/mol. The van der Waals surface area contributed by atoms with E-state index in [9.17, 15) is 13.0 Å². The van der Waals surface area contributed by atoms with Gasteiger partial charge >= 0.3 is 0 Å². The summed E-state index contributed by atoms with van der Waals surface area (Å²) in [5, 5.41) is 0.0268. The van der Waals surface area contributed by atoms with Crippen LogP contribution < -0.4 is 4.72 Å². The number of benzene rings is 1. The molecule has 0 saturated heterocycles. The van der Waals surface area contributed by atoms with Crippen molar-refractivity contribution in [3.8, 4) is 0 Å². The largest absolute Gasteiger partial charge is 0.415 e. The average Bonchev–Trinajstić information content (AvgIpc) is 2.48. The molecule has 1 rings (SSSR count). The van der Waals surface area contributed by atoms with Gasteiger partial charge in [0.2, 0.25) is 0 Å². The zero-order chi connectivity index (χ0) is 21.3. The van der Waals surface area contributed by atoms with Crippen molar-refractivity contribution in [1.82, 2.24) is 4.72 Å². The van der Waals surface area contributed by atoms with Crippen LogP contribution in [0.3, 0.4) is 0 Å². The summed E-state index contributed by atoms with van der Waals surface area (Å²) in [5.74, 6) is -2.93. The maximum Gasteiger partial charge on any atom is 0.270 e. The molecule has 0 fully saturated rings. The maximum atomic E-state index is 13.8. The van der Waals surface area contributed by atoms with Crippen molar-refractivity contribution in [2.24, 2.45) is 0 Å². The summed E-state index contributed by atoms with van der Waals surface area (Å²) < 4.78 is 49.1. The number of rotatable bonds is 7. The monoisotopic (exact) mass is 419 g/mol. The van der Waals surface area contributed by atoms with Gasteiger partial charge in [-0.2, -0.15) is 0 Å². The summed E-state index contributed by atoms with van der Waals surface area (Å²) in [5.41, 5.74) is 0.603. The van der Waals surface area contributed by atoms with E-state index >= 15 is 0 Å². The third kappa shape index (κ3) is 7.04. The summed E-state index contributed by atoms with van der Waals surface area (Å²) in [7, 11) is -3.38. The van der Waals surface area contributed by atoms with Crippen molar-refractivity contribution >= 4 is 19.3 Å². The predicted octanol–water partition coefficient (Wildman–Crippen LogP) is 5.91. The van der Waals surface area contributed by atoms with Gasteiger partial charge in [-0.3, -0.25) is 0 Å².